The maximum atomic E-state index is 13.5. The molecule has 1 aromatic carbocycles. The highest BCUT2D eigenvalue weighted by Crippen LogP contribution is 2.20. The molecule has 0 bridgehead atoms. The van der Waals surface area contributed by atoms with Crippen LogP contribution in [-0.4, -0.2) is 40.2 Å². The Morgan fingerprint density at radius 2 is 2.12 bits per heavy atom. The van der Waals surface area contributed by atoms with Crippen molar-refractivity contribution in [3.63, 3.8) is 0 Å². The number of carbonyl (C=O) groups excluding carboxylic acids is 1. The van der Waals surface area contributed by atoms with Gasteiger partial charge in [0, 0.05) is 17.7 Å². The van der Waals surface area contributed by atoms with Crippen LogP contribution in [0.1, 0.15) is 49.9 Å². The number of nitrogens with zero attached hydrogens (tertiary/aromatic N) is 3. The molecule has 2 heterocycles. The van der Waals surface area contributed by atoms with Gasteiger partial charge in [-0.15, -0.1) is 0 Å². The van der Waals surface area contributed by atoms with Crippen molar-refractivity contribution in [2.24, 2.45) is 0 Å². The molecule has 6 heteroatoms. The Kier molecular flexibility index (Phi) is 6.04. The maximum Gasteiger partial charge on any atom is 0.220 e. The summed E-state index contributed by atoms with van der Waals surface area (Å²) < 4.78 is 15.2. The van der Waals surface area contributed by atoms with E-state index in [9.17, 15) is 9.18 Å². The minimum Gasteiger partial charge on any atom is -0.349 e. The van der Waals surface area contributed by atoms with Crippen molar-refractivity contribution < 1.29 is 9.18 Å². The third kappa shape index (κ3) is 4.49. The van der Waals surface area contributed by atoms with E-state index >= 15 is 0 Å². The van der Waals surface area contributed by atoms with Gasteiger partial charge in [0.1, 0.15) is 5.82 Å². The molecular formula is C20H27FN4O. The zero-order valence-corrected chi connectivity index (χ0v) is 15.5. The second kappa shape index (κ2) is 8.45. The van der Waals surface area contributed by atoms with Gasteiger partial charge in [-0.3, -0.25) is 4.79 Å². The van der Waals surface area contributed by atoms with Crippen LogP contribution in [0.25, 0.3) is 5.69 Å². The molecule has 1 aliphatic rings. The van der Waals surface area contributed by atoms with Crippen LogP contribution in [0.5, 0.6) is 0 Å². The standard InChI is InChI=1S/C20H27FN4O/c1-15(23-20(26)9-6-12-24-10-3-4-11-24)19-14-22-25(16(19)2)18-8-5-7-17(21)13-18/h5,7-8,13-15H,3-4,6,9-12H2,1-2H3,(H,23,26). The molecule has 0 radical (unpaired) electrons. The van der Waals surface area contributed by atoms with E-state index in [1.807, 2.05) is 19.9 Å². The molecule has 1 N–H and O–H groups in total. The highest BCUT2D eigenvalue weighted by Gasteiger charge is 2.17. The van der Waals surface area contributed by atoms with Crippen molar-refractivity contribution in [3.05, 3.63) is 47.5 Å². The molecule has 0 aliphatic carbocycles. The van der Waals surface area contributed by atoms with Gasteiger partial charge in [0.05, 0.1) is 17.9 Å². The largest absolute Gasteiger partial charge is 0.349 e. The number of nitrogens with one attached hydrogen (secondary N) is 1. The first kappa shape index (κ1) is 18.6. The molecule has 26 heavy (non-hydrogen) atoms. The smallest absolute Gasteiger partial charge is 0.220 e. The highest BCUT2D eigenvalue weighted by molar-refractivity contribution is 5.76. The third-order valence-electron chi connectivity index (χ3n) is 5.02. The summed E-state index contributed by atoms with van der Waals surface area (Å²) in [6.07, 6.45) is 5.73. The number of halogens is 1. The molecule has 0 spiro atoms. The summed E-state index contributed by atoms with van der Waals surface area (Å²) in [5.74, 6) is -0.229. The van der Waals surface area contributed by atoms with Crippen LogP contribution >= 0.6 is 0 Å². The van der Waals surface area contributed by atoms with Crippen LogP contribution in [0.4, 0.5) is 4.39 Å². The Morgan fingerprint density at radius 3 is 2.85 bits per heavy atom. The zero-order chi connectivity index (χ0) is 18.5. The molecular weight excluding hydrogens is 331 g/mol. The summed E-state index contributed by atoms with van der Waals surface area (Å²) >= 11 is 0. The number of amides is 1. The SMILES string of the molecule is Cc1c(C(C)NC(=O)CCCN2CCCC2)cnn1-c1cccc(F)c1. The topological polar surface area (TPSA) is 50.2 Å². The van der Waals surface area contributed by atoms with Crippen LogP contribution in [0.3, 0.4) is 0 Å². The second-order valence-corrected chi connectivity index (χ2v) is 7.02. The van der Waals surface area contributed by atoms with Crippen LogP contribution in [0.15, 0.2) is 30.5 Å². The minimum absolute atomic E-state index is 0.0644. The normalized spacial score (nSPS) is 16.0. The fourth-order valence-electron chi connectivity index (χ4n) is 3.58. The van der Waals surface area contributed by atoms with Gasteiger partial charge in [-0.05, 0) is 70.9 Å². The molecule has 140 valence electrons. The lowest BCUT2D eigenvalue weighted by Crippen LogP contribution is -2.28. The molecule has 1 aromatic heterocycles. The van der Waals surface area contributed by atoms with E-state index in [0.29, 0.717) is 12.1 Å². The highest BCUT2D eigenvalue weighted by atomic mass is 19.1. The van der Waals surface area contributed by atoms with Crippen LogP contribution in [-0.2, 0) is 4.79 Å². The van der Waals surface area contributed by atoms with Gasteiger partial charge in [0.25, 0.3) is 0 Å². The maximum absolute atomic E-state index is 13.5. The molecule has 1 amide bonds. The quantitative estimate of drug-likeness (QED) is 0.826. The van der Waals surface area contributed by atoms with Gasteiger partial charge in [0.2, 0.25) is 5.91 Å². The second-order valence-electron chi connectivity index (χ2n) is 7.02. The lowest BCUT2D eigenvalue weighted by molar-refractivity contribution is -0.121. The van der Waals surface area contributed by atoms with E-state index in [-0.39, 0.29) is 17.8 Å². The molecule has 1 unspecified atom stereocenters. The molecule has 3 rings (SSSR count). The first-order valence-corrected chi connectivity index (χ1v) is 9.37. The van der Waals surface area contributed by atoms with E-state index < -0.39 is 0 Å². The average Bonchev–Trinajstić information content (AvgIpc) is 3.24. The van der Waals surface area contributed by atoms with Crippen molar-refractivity contribution in [2.75, 3.05) is 19.6 Å². The number of aromatic nitrogens is 2. The zero-order valence-electron chi connectivity index (χ0n) is 15.5. The number of carbonyl (C=O) groups is 1. The lowest BCUT2D eigenvalue weighted by atomic mass is 10.1. The Balaban J connectivity index is 1.56. The average molecular weight is 358 g/mol. The molecule has 1 saturated heterocycles. The number of benzene rings is 1. The summed E-state index contributed by atoms with van der Waals surface area (Å²) in [5, 5.41) is 7.42. The summed E-state index contributed by atoms with van der Waals surface area (Å²) in [5.41, 5.74) is 2.53. The van der Waals surface area contributed by atoms with Crippen molar-refractivity contribution in [3.8, 4) is 5.69 Å². The Morgan fingerprint density at radius 1 is 1.35 bits per heavy atom. The van der Waals surface area contributed by atoms with Gasteiger partial charge in [0.15, 0.2) is 0 Å². The van der Waals surface area contributed by atoms with Gasteiger partial charge >= 0.3 is 0 Å². The van der Waals surface area contributed by atoms with Crippen LogP contribution < -0.4 is 5.32 Å². The molecule has 0 saturated carbocycles. The molecule has 2 aromatic rings. The predicted molar refractivity (Wildman–Crippen MR) is 99.7 cm³/mol. The fourth-order valence-corrected chi connectivity index (χ4v) is 3.58. The summed E-state index contributed by atoms with van der Waals surface area (Å²) in [6, 6.07) is 6.21. The van der Waals surface area contributed by atoms with E-state index in [0.717, 1.165) is 37.3 Å². The van der Waals surface area contributed by atoms with E-state index in [1.54, 1.807) is 16.9 Å². The first-order chi connectivity index (χ1) is 12.5. The van der Waals surface area contributed by atoms with Crippen molar-refractivity contribution in [2.45, 2.75) is 45.6 Å². The Labute approximate surface area is 154 Å². The van der Waals surface area contributed by atoms with Gasteiger partial charge in [-0.25, -0.2) is 9.07 Å². The van der Waals surface area contributed by atoms with Crippen molar-refractivity contribution >= 4 is 5.91 Å². The van der Waals surface area contributed by atoms with Gasteiger partial charge in [-0.1, -0.05) is 6.07 Å². The van der Waals surface area contributed by atoms with Crippen LogP contribution in [0, 0.1) is 12.7 Å². The molecule has 1 fully saturated rings. The molecule has 5 nitrogen and oxygen atoms in total. The van der Waals surface area contributed by atoms with E-state index in [2.05, 4.69) is 15.3 Å². The fraction of sp³-hybridized carbons (Fsp3) is 0.500. The number of rotatable bonds is 7. The Bertz CT molecular complexity index is 752. The molecule has 1 aliphatic heterocycles. The van der Waals surface area contributed by atoms with Gasteiger partial charge in [-0.2, -0.15) is 5.10 Å². The number of hydrogen-bond acceptors (Lipinski definition) is 3. The Hall–Kier alpha value is -2.21. The van der Waals surface area contributed by atoms with Crippen molar-refractivity contribution in [1.82, 2.24) is 20.0 Å². The van der Waals surface area contributed by atoms with E-state index in [1.165, 1.54) is 25.0 Å². The predicted octanol–water partition coefficient (Wildman–Crippen LogP) is 3.37. The molecule has 1 atom stereocenters. The summed E-state index contributed by atoms with van der Waals surface area (Å²) in [7, 11) is 0. The first-order valence-electron chi connectivity index (χ1n) is 9.37. The van der Waals surface area contributed by atoms with Gasteiger partial charge < -0.3 is 10.2 Å². The van der Waals surface area contributed by atoms with Crippen LogP contribution in [0.2, 0.25) is 0 Å². The number of hydrogen-bond donors (Lipinski definition) is 1. The minimum atomic E-state index is -0.293. The monoisotopic (exact) mass is 358 g/mol. The van der Waals surface area contributed by atoms with E-state index in [4.69, 9.17) is 0 Å². The summed E-state index contributed by atoms with van der Waals surface area (Å²) in [6.45, 7) is 7.22. The van der Waals surface area contributed by atoms with Crippen molar-refractivity contribution in [1.29, 1.82) is 0 Å². The lowest BCUT2D eigenvalue weighted by Gasteiger charge is -2.16. The third-order valence-corrected chi connectivity index (χ3v) is 5.02. The number of likely N-dealkylation sites (tertiary alicyclic amines) is 1. The summed E-state index contributed by atoms with van der Waals surface area (Å²) in [4.78, 5) is 14.6.